The number of hydrogen-bond donors (Lipinski definition) is 1. The minimum atomic E-state index is -0.294. The maximum absolute atomic E-state index is 11.9. The van der Waals surface area contributed by atoms with Crippen LogP contribution in [0.3, 0.4) is 0 Å². The molecule has 0 atom stereocenters. The zero-order valence-corrected chi connectivity index (χ0v) is 9.21. The lowest BCUT2D eigenvalue weighted by molar-refractivity contribution is 0.263. The molecule has 1 aliphatic rings. The van der Waals surface area contributed by atoms with Crippen LogP contribution in [0.2, 0.25) is 0 Å². The molecule has 1 fully saturated rings. The molecule has 0 unspecified atom stereocenters. The first-order valence-corrected chi connectivity index (χ1v) is 6.08. The van der Waals surface area contributed by atoms with Gasteiger partial charge in [0.2, 0.25) is 0 Å². The Balaban J connectivity index is 2.05. The monoisotopic (exact) mass is 231 g/mol. The highest BCUT2D eigenvalue weighted by atomic mass is 32.2. The van der Waals surface area contributed by atoms with Gasteiger partial charge in [0.1, 0.15) is 6.61 Å². The molecule has 4 nitrogen and oxygen atoms in total. The number of nitrogens with zero attached hydrogens (tertiary/aromatic N) is 3. The van der Waals surface area contributed by atoms with Crippen molar-refractivity contribution in [3.05, 3.63) is 5.82 Å². The van der Waals surface area contributed by atoms with E-state index in [4.69, 9.17) is 5.11 Å². The van der Waals surface area contributed by atoms with E-state index in [1.54, 1.807) is 0 Å². The first-order chi connectivity index (χ1) is 7.36. The van der Waals surface area contributed by atoms with Crippen LogP contribution in [0.25, 0.3) is 0 Å². The summed E-state index contributed by atoms with van der Waals surface area (Å²) < 4.78 is 13.9. The molecule has 1 aromatic heterocycles. The summed E-state index contributed by atoms with van der Waals surface area (Å²) in [6.45, 7) is -0.370. The van der Waals surface area contributed by atoms with Crippen LogP contribution in [0.15, 0.2) is 5.16 Å². The normalized spacial score (nSPS) is 15.9. The van der Waals surface area contributed by atoms with Crippen molar-refractivity contribution in [2.75, 3.05) is 12.4 Å². The number of aromatic nitrogens is 3. The molecule has 2 rings (SSSR count). The fourth-order valence-corrected chi connectivity index (χ4v) is 2.36. The Morgan fingerprint density at radius 1 is 1.47 bits per heavy atom. The van der Waals surface area contributed by atoms with Gasteiger partial charge >= 0.3 is 0 Å². The predicted molar refractivity (Wildman–Crippen MR) is 55.5 cm³/mol. The highest BCUT2D eigenvalue weighted by molar-refractivity contribution is 7.99. The molecule has 0 spiro atoms. The third-order valence-electron chi connectivity index (χ3n) is 2.30. The Morgan fingerprint density at radius 2 is 2.27 bits per heavy atom. The van der Waals surface area contributed by atoms with Crippen LogP contribution in [0.1, 0.15) is 31.1 Å². The smallest absolute Gasteiger partial charge is 0.191 e. The Morgan fingerprint density at radius 3 is 2.87 bits per heavy atom. The highest BCUT2D eigenvalue weighted by Gasteiger charge is 2.29. The van der Waals surface area contributed by atoms with E-state index in [0.29, 0.717) is 24.0 Å². The van der Waals surface area contributed by atoms with Gasteiger partial charge in [-0.05, 0) is 19.3 Å². The molecule has 0 bridgehead atoms. The molecule has 1 aliphatic carbocycles. The topological polar surface area (TPSA) is 50.9 Å². The Kier molecular flexibility index (Phi) is 3.58. The number of alkyl halides is 1. The molecule has 0 aromatic carbocycles. The van der Waals surface area contributed by atoms with Gasteiger partial charge in [-0.2, -0.15) is 0 Å². The van der Waals surface area contributed by atoms with Crippen LogP contribution in [0, 0.1) is 0 Å². The molecule has 0 aliphatic heterocycles. The molecular weight excluding hydrogens is 217 g/mol. The highest BCUT2D eigenvalue weighted by Crippen LogP contribution is 2.38. The maximum Gasteiger partial charge on any atom is 0.191 e. The molecule has 1 heterocycles. The fourth-order valence-electron chi connectivity index (χ4n) is 1.43. The predicted octanol–water partition coefficient (Wildman–Crippen LogP) is 1.56. The van der Waals surface area contributed by atoms with E-state index in [0.717, 1.165) is 18.0 Å². The number of hydrogen-bond acceptors (Lipinski definition) is 4. The van der Waals surface area contributed by atoms with Gasteiger partial charge < -0.3 is 9.67 Å². The van der Waals surface area contributed by atoms with Gasteiger partial charge in [0.15, 0.2) is 11.0 Å². The van der Waals surface area contributed by atoms with E-state index < -0.39 is 0 Å². The zero-order valence-electron chi connectivity index (χ0n) is 8.40. The third kappa shape index (κ3) is 2.49. The second-order valence-electron chi connectivity index (χ2n) is 3.55. The lowest BCUT2D eigenvalue weighted by atomic mass is 10.6. The van der Waals surface area contributed by atoms with Crippen LogP contribution in [-0.2, 0) is 6.61 Å². The molecular formula is C9H14FN3OS. The average Bonchev–Trinajstić information content (AvgIpc) is 3.00. The lowest BCUT2D eigenvalue weighted by Crippen LogP contribution is -2.03. The van der Waals surface area contributed by atoms with E-state index in [2.05, 4.69) is 10.2 Å². The average molecular weight is 231 g/mol. The Hall–Kier alpha value is -0.620. The first-order valence-electron chi connectivity index (χ1n) is 5.10. The summed E-state index contributed by atoms with van der Waals surface area (Å²) in [6, 6.07) is 0.454. The number of halogens is 1. The summed E-state index contributed by atoms with van der Waals surface area (Å²) >= 11 is 1.51. The molecule has 1 N–H and O–H groups in total. The molecule has 6 heteroatoms. The maximum atomic E-state index is 11.9. The van der Waals surface area contributed by atoms with E-state index in [1.807, 2.05) is 4.57 Å². The molecule has 84 valence electrons. The van der Waals surface area contributed by atoms with Crippen molar-refractivity contribution >= 4 is 11.8 Å². The van der Waals surface area contributed by atoms with Crippen molar-refractivity contribution < 1.29 is 9.50 Å². The van der Waals surface area contributed by atoms with Gasteiger partial charge in [-0.15, -0.1) is 10.2 Å². The van der Waals surface area contributed by atoms with Gasteiger partial charge in [-0.3, -0.25) is 4.39 Å². The van der Waals surface area contributed by atoms with Gasteiger partial charge in [-0.1, -0.05) is 11.8 Å². The van der Waals surface area contributed by atoms with Crippen molar-refractivity contribution in [2.24, 2.45) is 0 Å². The van der Waals surface area contributed by atoms with Crippen LogP contribution >= 0.6 is 11.8 Å². The Labute approximate surface area is 91.9 Å². The van der Waals surface area contributed by atoms with Gasteiger partial charge in [0.05, 0.1) is 6.67 Å². The standard InChI is InChI=1S/C9H14FN3OS/c10-4-1-5-15-9-12-11-8(6-14)13(9)7-2-3-7/h7,14H,1-6H2. The van der Waals surface area contributed by atoms with E-state index in [9.17, 15) is 4.39 Å². The zero-order chi connectivity index (χ0) is 10.7. The quantitative estimate of drug-likeness (QED) is 0.596. The molecule has 1 aromatic rings. The Bertz CT molecular complexity index is 327. The second kappa shape index (κ2) is 4.94. The minimum Gasteiger partial charge on any atom is -0.388 e. The van der Waals surface area contributed by atoms with Crippen molar-refractivity contribution in [2.45, 2.75) is 37.1 Å². The van der Waals surface area contributed by atoms with Gasteiger partial charge in [0.25, 0.3) is 0 Å². The van der Waals surface area contributed by atoms with E-state index in [1.165, 1.54) is 11.8 Å². The van der Waals surface area contributed by atoms with Crippen LogP contribution < -0.4 is 0 Å². The van der Waals surface area contributed by atoms with Crippen molar-refractivity contribution in [1.82, 2.24) is 14.8 Å². The van der Waals surface area contributed by atoms with Gasteiger partial charge in [0, 0.05) is 11.8 Å². The molecule has 15 heavy (non-hydrogen) atoms. The summed E-state index contributed by atoms with van der Waals surface area (Å²) in [5.41, 5.74) is 0. The molecule has 1 saturated carbocycles. The summed E-state index contributed by atoms with van der Waals surface area (Å²) in [4.78, 5) is 0. The van der Waals surface area contributed by atoms with E-state index >= 15 is 0 Å². The largest absolute Gasteiger partial charge is 0.388 e. The lowest BCUT2D eigenvalue weighted by Gasteiger charge is -2.06. The SMILES string of the molecule is OCc1nnc(SCCCF)n1C1CC1. The first kappa shape index (κ1) is 10.9. The summed E-state index contributed by atoms with van der Waals surface area (Å²) in [7, 11) is 0. The molecule has 0 amide bonds. The second-order valence-corrected chi connectivity index (χ2v) is 4.61. The number of thioether (sulfide) groups is 1. The summed E-state index contributed by atoms with van der Waals surface area (Å²) in [5, 5.41) is 17.8. The number of aliphatic hydroxyl groups is 1. The molecule has 0 saturated heterocycles. The van der Waals surface area contributed by atoms with Crippen LogP contribution in [0.5, 0.6) is 0 Å². The summed E-state index contributed by atoms with van der Waals surface area (Å²) in [6.07, 6.45) is 2.79. The minimum absolute atomic E-state index is 0.0762. The fraction of sp³-hybridized carbons (Fsp3) is 0.778. The van der Waals surface area contributed by atoms with Crippen molar-refractivity contribution in [3.63, 3.8) is 0 Å². The van der Waals surface area contributed by atoms with E-state index in [-0.39, 0.29) is 13.3 Å². The third-order valence-corrected chi connectivity index (χ3v) is 3.33. The van der Waals surface area contributed by atoms with Crippen molar-refractivity contribution in [1.29, 1.82) is 0 Å². The number of rotatable bonds is 6. The summed E-state index contributed by atoms with van der Waals surface area (Å²) in [5.74, 6) is 1.34. The van der Waals surface area contributed by atoms with Crippen LogP contribution in [0.4, 0.5) is 4.39 Å². The number of aliphatic hydroxyl groups excluding tert-OH is 1. The van der Waals surface area contributed by atoms with Crippen molar-refractivity contribution in [3.8, 4) is 0 Å². The molecule has 0 radical (unpaired) electrons. The van der Waals surface area contributed by atoms with Gasteiger partial charge in [-0.25, -0.2) is 0 Å². The van der Waals surface area contributed by atoms with Crippen LogP contribution in [-0.4, -0.2) is 32.3 Å².